The molecule has 1 aliphatic heterocycles. The van der Waals surface area contributed by atoms with Crippen molar-refractivity contribution < 1.29 is 9.53 Å². The molecule has 0 saturated carbocycles. The highest BCUT2D eigenvalue weighted by Gasteiger charge is 2.17. The summed E-state index contributed by atoms with van der Waals surface area (Å²) in [7, 11) is 0. The third kappa shape index (κ3) is 6.28. The van der Waals surface area contributed by atoms with E-state index in [9.17, 15) is 4.79 Å². The van der Waals surface area contributed by atoms with Gasteiger partial charge in [0.25, 0.3) is 0 Å². The maximum atomic E-state index is 12.4. The summed E-state index contributed by atoms with van der Waals surface area (Å²) in [6.07, 6.45) is 4.42. The number of rotatable bonds is 9. The summed E-state index contributed by atoms with van der Waals surface area (Å²) in [6, 6.07) is 6.10. The minimum atomic E-state index is 0.197. The third-order valence-electron chi connectivity index (χ3n) is 5.65. The van der Waals surface area contributed by atoms with Crippen molar-refractivity contribution >= 4 is 17.2 Å². The van der Waals surface area contributed by atoms with Crippen molar-refractivity contribution in [3.63, 3.8) is 0 Å². The number of likely N-dealkylation sites (tertiary alicyclic amines) is 1. The van der Waals surface area contributed by atoms with Crippen LogP contribution >= 0.6 is 11.3 Å². The van der Waals surface area contributed by atoms with Crippen LogP contribution in [0.3, 0.4) is 0 Å². The molecule has 158 valence electrons. The zero-order valence-corrected chi connectivity index (χ0v) is 18.8. The lowest BCUT2D eigenvalue weighted by molar-refractivity contribution is -0.131. The number of carbonyl (C=O) groups is 1. The third-order valence-corrected chi connectivity index (χ3v) is 6.52. The molecule has 3 rings (SSSR count). The molecular formula is C23H33N3O2S. The van der Waals surface area contributed by atoms with Gasteiger partial charge in [-0.1, -0.05) is 25.5 Å². The van der Waals surface area contributed by atoms with Crippen LogP contribution in [0.2, 0.25) is 0 Å². The van der Waals surface area contributed by atoms with Crippen molar-refractivity contribution in [3.8, 4) is 5.75 Å². The first-order chi connectivity index (χ1) is 14.1. The van der Waals surface area contributed by atoms with Crippen molar-refractivity contribution in [1.29, 1.82) is 0 Å². The molecule has 1 aliphatic rings. The fraction of sp³-hybridized carbons (Fsp3) is 0.565. The molecule has 0 unspecified atom stereocenters. The summed E-state index contributed by atoms with van der Waals surface area (Å²) >= 11 is 1.60. The Balaban J connectivity index is 1.55. The number of hydrogen-bond acceptors (Lipinski definition) is 5. The minimum absolute atomic E-state index is 0.197. The molecule has 5 nitrogen and oxygen atoms in total. The van der Waals surface area contributed by atoms with E-state index in [2.05, 4.69) is 30.2 Å². The first kappa shape index (κ1) is 21.8. The Morgan fingerprint density at radius 2 is 2.03 bits per heavy atom. The van der Waals surface area contributed by atoms with Crippen LogP contribution in [0.15, 0.2) is 23.6 Å². The number of benzene rings is 1. The van der Waals surface area contributed by atoms with Gasteiger partial charge in [0.1, 0.15) is 17.4 Å². The summed E-state index contributed by atoms with van der Waals surface area (Å²) in [4.78, 5) is 21.6. The van der Waals surface area contributed by atoms with E-state index in [1.165, 1.54) is 30.4 Å². The molecular weight excluding hydrogens is 382 g/mol. The van der Waals surface area contributed by atoms with Crippen LogP contribution in [0.5, 0.6) is 5.75 Å². The molecule has 1 aromatic carbocycles. The fourth-order valence-electron chi connectivity index (χ4n) is 3.66. The maximum Gasteiger partial charge on any atom is 0.222 e. The second kappa shape index (κ2) is 10.7. The van der Waals surface area contributed by atoms with Gasteiger partial charge in [0.15, 0.2) is 0 Å². The zero-order valence-electron chi connectivity index (χ0n) is 17.9. The molecule has 0 radical (unpaired) electrons. The molecule has 1 amide bonds. The second-order valence-electron chi connectivity index (χ2n) is 7.79. The smallest absolute Gasteiger partial charge is 0.222 e. The van der Waals surface area contributed by atoms with Crippen LogP contribution in [0.1, 0.15) is 54.4 Å². The van der Waals surface area contributed by atoms with Gasteiger partial charge in [-0.15, -0.1) is 11.3 Å². The number of carbonyl (C=O) groups excluding carboxylic acids is 1. The van der Waals surface area contributed by atoms with E-state index in [-0.39, 0.29) is 5.91 Å². The average Bonchev–Trinajstić information content (AvgIpc) is 3.19. The Morgan fingerprint density at radius 1 is 1.24 bits per heavy atom. The summed E-state index contributed by atoms with van der Waals surface area (Å²) in [5.41, 5.74) is 3.35. The number of aromatic nitrogens is 1. The van der Waals surface area contributed by atoms with Gasteiger partial charge in [0.2, 0.25) is 5.91 Å². The minimum Gasteiger partial charge on any atom is -0.486 e. The molecule has 0 spiro atoms. The van der Waals surface area contributed by atoms with Gasteiger partial charge in [-0.3, -0.25) is 4.79 Å². The Hall–Kier alpha value is -1.92. The van der Waals surface area contributed by atoms with Crippen molar-refractivity contribution in [2.24, 2.45) is 0 Å². The molecule has 0 aliphatic carbocycles. The number of thiazole rings is 1. The van der Waals surface area contributed by atoms with E-state index in [4.69, 9.17) is 9.72 Å². The number of amides is 1. The molecule has 0 atom stereocenters. The van der Waals surface area contributed by atoms with E-state index in [0.717, 1.165) is 42.6 Å². The predicted octanol–water partition coefficient (Wildman–Crippen LogP) is 4.56. The quantitative estimate of drug-likeness (QED) is 0.602. The molecule has 0 bridgehead atoms. The largest absolute Gasteiger partial charge is 0.486 e. The highest BCUT2D eigenvalue weighted by atomic mass is 32.1. The standard InChI is InChI=1S/C23H33N3O2S/c1-4-23(27)26(14-13-25-11-6-5-7-12-25)15-20-17-29-22(24-20)16-28-21-10-8-9-18(2)19(21)3/h8-10,17H,4-7,11-16H2,1-3H3. The van der Waals surface area contributed by atoms with Gasteiger partial charge in [-0.2, -0.15) is 0 Å². The molecule has 1 fully saturated rings. The van der Waals surface area contributed by atoms with E-state index in [1.807, 2.05) is 24.0 Å². The predicted molar refractivity (Wildman–Crippen MR) is 118 cm³/mol. The van der Waals surface area contributed by atoms with E-state index >= 15 is 0 Å². The second-order valence-corrected chi connectivity index (χ2v) is 8.73. The Kier molecular flexibility index (Phi) is 8.07. The molecule has 6 heteroatoms. The molecule has 0 N–H and O–H groups in total. The molecule has 1 saturated heterocycles. The number of ether oxygens (including phenoxy) is 1. The highest BCUT2D eigenvalue weighted by molar-refractivity contribution is 7.09. The first-order valence-electron chi connectivity index (χ1n) is 10.7. The summed E-state index contributed by atoms with van der Waals surface area (Å²) < 4.78 is 5.98. The van der Waals surface area contributed by atoms with Crippen LogP contribution < -0.4 is 4.74 Å². The maximum absolute atomic E-state index is 12.4. The van der Waals surface area contributed by atoms with Crippen LogP contribution in [-0.4, -0.2) is 46.9 Å². The molecule has 29 heavy (non-hydrogen) atoms. The van der Waals surface area contributed by atoms with Crippen LogP contribution in [0, 0.1) is 13.8 Å². The van der Waals surface area contributed by atoms with E-state index in [0.29, 0.717) is 19.6 Å². The Labute approximate surface area is 178 Å². The SMILES string of the molecule is CCC(=O)N(CCN1CCCCC1)Cc1csc(COc2cccc(C)c2C)n1. The fourth-order valence-corrected chi connectivity index (χ4v) is 4.36. The van der Waals surface area contributed by atoms with E-state index in [1.54, 1.807) is 11.3 Å². The van der Waals surface area contributed by atoms with Crippen LogP contribution in [0.25, 0.3) is 0 Å². The summed E-state index contributed by atoms with van der Waals surface area (Å²) in [6.45, 7) is 11.2. The number of nitrogens with zero attached hydrogens (tertiary/aromatic N) is 3. The van der Waals surface area contributed by atoms with Crippen molar-refractivity contribution in [2.45, 2.75) is 59.6 Å². The number of aryl methyl sites for hydroxylation is 1. The lowest BCUT2D eigenvalue weighted by Gasteiger charge is -2.29. The Bertz CT molecular complexity index is 799. The van der Waals surface area contributed by atoms with Crippen LogP contribution in [-0.2, 0) is 17.9 Å². The highest BCUT2D eigenvalue weighted by Crippen LogP contribution is 2.22. The zero-order chi connectivity index (χ0) is 20.6. The average molecular weight is 416 g/mol. The number of piperidine rings is 1. The van der Waals surface area contributed by atoms with Crippen LogP contribution in [0.4, 0.5) is 0 Å². The van der Waals surface area contributed by atoms with Crippen molar-refractivity contribution in [1.82, 2.24) is 14.8 Å². The molecule has 2 heterocycles. The molecule has 1 aromatic heterocycles. The van der Waals surface area contributed by atoms with Gasteiger partial charge in [0.05, 0.1) is 12.2 Å². The lowest BCUT2D eigenvalue weighted by atomic mass is 10.1. The number of hydrogen-bond donors (Lipinski definition) is 0. The van der Waals surface area contributed by atoms with Crippen molar-refractivity contribution in [2.75, 3.05) is 26.2 Å². The monoisotopic (exact) mass is 415 g/mol. The van der Waals surface area contributed by atoms with Gasteiger partial charge in [0, 0.05) is 24.9 Å². The normalized spacial score (nSPS) is 14.7. The van der Waals surface area contributed by atoms with Gasteiger partial charge in [-0.25, -0.2) is 4.98 Å². The topological polar surface area (TPSA) is 45.7 Å². The summed E-state index contributed by atoms with van der Waals surface area (Å²) in [5.74, 6) is 1.11. The van der Waals surface area contributed by atoms with E-state index < -0.39 is 0 Å². The van der Waals surface area contributed by atoms with Gasteiger partial charge >= 0.3 is 0 Å². The summed E-state index contributed by atoms with van der Waals surface area (Å²) in [5, 5.41) is 3.00. The lowest BCUT2D eigenvalue weighted by Crippen LogP contribution is -2.40. The van der Waals surface area contributed by atoms with Gasteiger partial charge in [-0.05, 0) is 57.0 Å². The van der Waals surface area contributed by atoms with Gasteiger partial charge < -0.3 is 14.5 Å². The first-order valence-corrected chi connectivity index (χ1v) is 11.6. The molecule has 2 aromatic rings. The Morgan fingerprint density at radius 3 is 2.79 bits per heavy atom. The van der Waals surface area contributed by atoms with Crippen molar-refractivity contribution in [3.05, 3.63) is 45.4 Å².